The second-order valence-electron chi connectivity index (χ2n) is 4.52. The summed E-state index contributed by atoms with van der Waals surface area (Å²) in [6.45, 7) is 0.149. The van der Waals surface area contributed by atoms with E-state index in [1.807, 2.05) is 0 Å². The topological polar surface area (TPSA) is 82.6 Å². The van der Waals surface area contributed by atoms with Crippen LogP contribution in [-0.2, 0) is 10.9 Å². The molecule has 1 aromatic rings. The van der Waals surface area contributed by atoms with Gasteiger partial charge >= 0.3 is 6.18 Å². The Labute approximate surface area is 117 Å². The third-order valence-electron chi connectivity index (χ3n) is 3.14. The summed E-state index contributed by atoms with van der Waals surface area (Å²) >= 11 is 0. The number of hydrogen-bond acceptors (Lipinski definition) is 4. The molecule has 6 nitrogen and oxygen atoms in total. The molecule has 2 heterocycles. The van der Waals surface area contributed by atoms with Crippen LogP contribution in [0.5, 0.6) is 0 Å². The van der Waals surface area contributed by atoms with Crippen molar-refractivity contribution < 1.29 is 27.8 Å². The maximum atomic E-state index is 12.5. The number of aromatic nitrogens is 1. The molecule has 0 aromatic carbocycles. The van der Waals surface area contributed by atoms with Crippen LogP contribution in [-0.4, -0.2) is 53.3 Å². The number of nitrogens with one attached hydrogen (secondary N) is 1. The third kappa shape index (κ3) is 3.24. The van der Waals surface area contributed by atoms with E-state index in [0.717, 1.165) is 6.07 Å². The molecule has 0 bridgehead atoms. The Morgan fingerprint density at radius 2 is 2.19 bits per heavy atom. The van der Waals surface area contributed by atoms with E-state index < -0.39 is 34.9 Å². The number of hydrogen-bond donors (Lipinski definition) is 2. The van der Waals surface area contributed by atoms with Gasteiger partial charge in [-0.15, -0.1) is 0 Å². The lowest BCUT2D eigenvalue weighted by Gasteiger charge is -2.34. The minimum absolute atomic E-state index is 0.112. The minimum atomic E-state index is -4.69. The number of amides is 1. The first-order valence-electron chi connectivity index (χ1n) is 6.14. The summed E-state index contributed by atoms with van der Waals surface area (Å²) in [6.07, 6.45) is -4.69. The number of aromatic amines is 1. The van der Waals surface area contributed by atoms with Crippen molar-refractivity contribution in [2.75, 3.05) is 26.4 Å². The lowest BCUT2D eigenvalue weighted by molar-refractivity contribution is -0.141. The number of aliphatic hydroxyl groups is 1. The molecule has 1 amide bonds. The van der Waals surface area contributed by atoms with Crippen LogP contribution in [0.15, 0.2) is 16.9 Å². The fraction of sp³-hybridized carbons (Fsp3) is 0.500. The molecule has 2 N–H and O–H groups in total. The molecule has 1 unspecified atom stereocenters. The maximum absolute atomic E-state index is 12.5. The molecular formula is C12H13F3N2O4. The maximum Gasteiger partial charge on any atom is 0.431 e. The Hall–Kier alpha value is -1.87. The third-order valence-corrected chi connectivity index (χ3v) is 3.14. The van der Waals surface area contributed by atoms with E-state index in [1.165, 1.54) is 4.90 Å². The number of nitrogens with zero attached hydrogens (tertiary/aromatic N) is 1. The average molecular weight is 306 g/mol. The van der Waals surface area contributed by atoms with E-state index in [4.69, 9.17) is 9.84 Å². The van der Waals surface area contributed by atoms with Gasteiger partial charge in [0, 0.05) is 6.54 Å². The largest absolute Gasteiger partial charge is 0.431 e. The van der Waals surface area contributed by atoms with Crippen LogP contribution in [0.1, 0.15) is 16.1 Å². The molecule has 1 atom stereocenters. The van der Waals surface area contributed by atoms with Crippen LogP contribution in [0.3, 0.4) is 0 Å². The number of carbonyl (C=O) groups excluding carboxylic acids is 1. The Balaban J connectivity index is 2.29. The molecule has 0 radical (unpaired) electrons. The number of morpholine rings is 1. The van der Waals surface area contributed by atoms with E-state index in [-0.39, 0.29) is 26.4 Å². The van der Waals surface area contributed by atoms with Crippen molar-refractivity contribution in [1.82, 2.24) is 9.88 Å². The predicted molar refractivity (Wildman–Crippen MR) is 64.8 cm³/mol. The molecule has 0 spiro atoms. The molecule has 1 saturated heterocycles. The molecule has 1 aromatic heterocycles. The van der Waals surface area contributed by atoms with E-state index in [2.05, 4.69) is 0 Å². The molecule has 21 heavy (non-hydrogen) atoms. The van der Waals surface area contributed by atoms with Gasteiger partial charge in [-0.1, -0.05) is 0 Å². The van der Waals surface area contributed by atoms with Gasteiger partial charge in [-0.3, -0.25) is 9.59 Å². The van der Waals surface area contributed by atoms with E-state index >= 15 is 0 Å². The van der Waals surface area contributed by atoms with Gasteiger partial charge in [-0.05, 0) is 12.1 Å². The standard InChI is InChI=1S/C12H13F3N2O4/c13-12(14,15)9-2-1-8(10(19)16-9)11(20)17-3-4-21-6-7(17)5-18/h1-2,7,18H,3-6H2,(H,16,19). The summed E-state index contributed by atoms with van der Waals surface area (Å²) in [6, 6.07) is 0.865. The summed E-state index contributed by atoms with van der Waals surface area (Å²) in [5, 5.41) is 9.17. The van der Waals surface area contributed by atoms with E-state index in [0.29, 0.717) is 6.07 Å². The fourth-order valence-electron chi connectivity index (χ4n) is 2.04. The van der Waals surface area contributed by atoms with Gasteiger partial charge in [0.2, 0.25) is 0 Å². The summed E-state index contributed by atoms with van der Waals surface area (Å²) in [7, 11) is 0. The molecule has 0 saturated carbocycles. The second-order valence-corrected chi connectivity index (χ2v) is 4.52. The molecular weight excluding hydrogens is 293 g/mol. The summed E-state index contributed by atoms with van der Waals surface area (Å²) in [5.74, 6) is -0.729. The molecule has 116 valence electrons. The van der Waals surface area contributed by atoms with Gasteiger partial charge < -0.3 is 19.7 Å². The number of halogens is 3. The van der Waals surface area contributed by atoms with Gasteiger partial charge in [0.05, 0.1) is 25.9 Å². The first-order valence-corrected chi connectivity index (χ1v) is 6.14. The number of pyridine rings is 1. The van der Waals surface area contributed by atoms with Gasteiger partial charge in [-0.25, -0.2) is 0 Å². The van der Waals surface area contributed by atoms with Crippen molar-refractivity contribution in [3.8, 4) is 0 Å². The van der Waals surface area contributed by atoms with Crippen LogP contribution in [0, 0.1) is 0 Å². The zero-order chi connectivity index (χ0) is 15.6. The molecule has 1 aliphatic rings. The van der Waals surface area contributed by atoms with Crippen molar-refractivity contribution in [3.63, 3.8) is 0 Å². The SMILES string of the molecule is O=C(c1ccc(C(F)(F)F)[nH]c1=O)N1CCOCC1CO. The average Bonchev–Trinajstić information content (AvgIpc) is 2.45. The molecule has 1 fully saturated rings. The smallest absolute Gasteiger partial charge is 0.394 e. The summed E-state index contributed by atoms with van der Waals surface area (Å²) < 4.78 is 42.5. The van der Waals surface area contributed by atoms with Gasteiger partial charge in [0.25, 0.3) is 11.5 Å². The van der Waals surface area contributed by atoms with E-state index in [1.54, 1.807) is 4.98 Å². The summed E-state index contributed by atoms with van der Waals surface area (Å²) in [4.78, 5) is 26.7. The Morgan fingerprint density at radius 3 is 2.76 bits per heavy atom. The molecule has 1 aliphatic heterocycles. The highest BCUT2D eigenvalue weighted by atomic mass is 19.4. The highest BCUT2D eigenvalue weighted by Crippen LogP contribution is 2.26. The lowest BCUT2D eigenvalue weighted by Crippen LogP contribution is -2.51. The minimum Gasteiger partial charge on any atom is -0.394 e. The highest BCUT2D eigenvalue weighted by molar-refractivity contribution is 5.94. The van der Waals surface area contributed by atoms with Crippen LogP contribution in [0.2, 0.25) is 0 Å². The number of H-pyrrole nitrogens is 1. The van der Waals surface area contributed by atoms with E-state index in [9.17, 15) is 22.8 Å². The number of alkyl halides is 3. The summed E-state index contributed by atoms with van der Waals surface area (Å²) in [5.41, 5.74) is -2.73. The van der Waals surface area contributed by atoms with Gasteiger partial charge in [0.1, 0.15) is 11.3 Å². The fourth-order valence-corrected chi connectivity index (χ4v) is 2.04. The van der Waals surface area contributed by atoms with Crippen molar-refractivity contribution in [3.05, 3.63) is 33.7 Å². The van der Waals surface area contributed by atoms with Crippen LogP contribution in [0.4, 0.5) is 13.2 Å². The van der Waals surface area contributed by atoms with Crippen molar-refractivity contribution in [2.45, 2.75) is 12.2 Å². The quantitative estimate of drug-likeness (QED) is 0.819. The van der Waals surface area contributed by atoms with Crippen LogP contribution in [0.25, 0.3) is 0 Å². The van der Waals surface area contributed by atoms with Crippen molar-refractivity contribution in [2.24, 2.45) is 0 Å². The lowest BCUT2D eigenvalue weighted by atomic mass is 10.1. The number of ether oxygens (including phenoxy) is 1. The zero-order valence-electron chi connectivity index (χ0n) is 10.8. The Morgan fingerprint density at radius 1 is 1.48 bits per heavy atom. The zero-order valence-corrected chi connectivity index (χ0v) is 10.8. The molecule has 2 rings (SSSR count). The molecule has 0 aliphatic carbocycles. The predicted octanol–water partition coefficient (Wildman–Crippen LogP) is 0.227. The van der Waals surface area contributed by atoms with Crippen LogP contribution < -0.4 is 5.56 Å². The normalized spacial score (nSPS) is 19.6. The van der Waals surface area contributed by atoms with Gasteiger partial charge in [0.15, 0.2) is 0 Å². The number of carbonyl (C=O) groups is 1. The first-order chi connectivity index (χ1) is 9.84. The number of aliphatic hydroxyl groups excluding tert-OH is 1. The van der Waals surface area contributed by atoms with Crippen LogP contribution >= 0.6 is 0 Å². The molecule has 9 heteroatoms. The Bertz CT molecular complexity index is 585. The highest BCUT2D eigenvalue weighted by Gasteiger charge is 2.33. The second kappa shape index (κ2) is 5.86. The van der Waals surface area contributed by atoms with Crippen molar-refractivity contribution >= 4 is 5.91 Å². The van der Waals surface area contributed by atoms with Gasteiger partial charge in [-0.2, -0.15) is 13.2 Å². The monoisotopic (exact) mass is 306 g/mol. The van der Waals surface area contributed by atoms with Crippen molar-refractivity contribution in [1.29, 1.82) is 0 Å². The first kappa shape index (κ1) is 15.5. The Kier molecular flexibility index (Phi) is 4.33. The number of rotatable bonds is 2.